The van der Waals surface area contributed by atoms with Crippen LogP contribution >= 0.6 is 11.6 Å². The zero-order valence-electron chi connectivity index (χ0n) is 17.9. The Hall–Kier alpha value is -3.46. The number of benzene rings is 2. The van der Waals surface area contributed by atoms with E-state index in [4.69, 9.17) is 16.7 Å². The van der Waals surface area contributed by atoms with Crippen LogP contribution in [0.3, 0.4) is 0 Å². The summed E-state index contributed by atoms with van der Waals surface area (Å²) in [6.45, 7) is 4.49. The molecule has 0 radical (unpaired) electrons. The highest BCUT2D eigenvalue weighted by atomic mass is 35.5. The second-order valence-corrected chi connectivity index (χ2v) is 8.20. The molecule has 0 saturated heterocycles. The Morgan fingerprint density at radius 3 is 2.42 bits per heavy atom. The number of halogens is 3. The van der Waals surface area contributed by atoms with Gasteiger partial charge in [-0.2, -0.15) is 0 Å². The molecule has 2 unspecified atom stereocenters. The molecule has 174 valence electrons. The van der Waals surface area contributed by atoms with Gasteiger partial charge in [0.15, 0.2) is 11.6 Å². The van der Waals surface area contributed by atoms with Crippen molar-refractivity contribution in [3.63, 3.8) is 0 Å². The number of hydrogen-bond donors (Lipinski definition) is 3. The van der Waals surface area contributed by atoms with E-state index in [1.165, 1.54) is 39.0 Å². The first-order chi connectivity index (χ1) is 15.4. The minimum absolute atomic E-state index is 0.0517. The maximum atomic E-state index is 15.0. The molecule has 0 aliphatic rings. The third-order valence-corrected chi connectivity index (χ3v) is 5.71. The number of phenolic OH excluding ortho intramolecular Hbond substituents is 1. The van der Waals surface area contributed by atoms with E-state index in [1.807, 2.05) is 0 Å². The molecule has 3 N–H and O–H groups in total. The molecule has 0 saturated carbocycles. The lowest BCUT2D eigenvalue weighted by Crippen LogP contribution is -2.37. The Morgan fingerprint density at radius 1 is 1.15 bits per heavy atom. The highest BCUT2D eigenvalue weighted by Crippen LogP contribution is 2.37. The molecule has 1 aromatic heterocycles. The second kappa shape index (κ2) is 9.19. The number of fused-ring (bicyclic) bond motifs is 1. The number of phenols is 1. The molecule has 10 heteroatoms. The van der Waals surface area contributed by atoms with Crippen molar-refractivity contribution in [2.75, 3.05) is 0 Å². The first kappa shape index (κ1) is 24.2. The summed E-state index contributed by atoms with van der Waals surface area (Å²) in [7, 11) is 0. The fourth-order valence-electron chi connectivity index (χ4n) is 3.84. The first-order valence-electron chi connectivity index (χ1n) is 9.98. The molecular formula is C23H21ClF2N2O5. The van der Waals surface area contributed by atoms with Gasteiger partial charge in [0.05, 0.1) is 22.9 Å². The number of amides is 1. The Balaban J connectivity index is 2.16. The molecule has 0 aliphatic carbocycles. The molecule has 0 bridgehead atoms. The third-order valence-electron chi connectivity index (χ3n) is 5.40. The fourth-order valence-corrected chi connectivity index (χ4v) is 3.96. The van der Waals surface area contributed by atoms with Gasteiger partial charge in [-0.25, -0.2) is 8.78 Å². The number of rotatable bonds is 6. The van der Waals surface area contributed by atoms with Gasteiger partial charge < -0.3 is 15.5 Å². The lowest BCUT2D eigenvalue weighted by atomic mass is 9.96. The van der Waals surface area contributed by atoms with Crippen LogP contribution in [-0.4, -0.2) is 38.6 Å². The van der Waals surface area contributed by atoms with Crippen LogP contribution in [0.15, 0.2) is 30.3 Å². The Kier molecular flexibility index (Phi) is 6.73. The van der Waals surface area contributed by atoms with Gasteiger partial charge in [-0.3, -0.25) is 19.0 Å². The maximum absolute atomic E-state index is 15.0. The normalized spacial score (nSPS) is 13.0. The van der Waals surface area contributed by atoms with E-state index in [1.54, 1.807) is 0 Å². The van der Waals surface area contributed by atoms with Gasteiger partial charge in [0, 0.05) is 22.7 Å². The smallest absolute Gasteiger partial charge is 0.305 e. The Labute approximate surface area is 192 Å². The standard InChI is InChI=1S/C23H21ClF2N2O5/c1-10(8-18(30)31)27-22(32)11(2)19-12(3)28(16-6-7-17(29)21(26)20(16)19)23(33)13-4-5-14(24)15(25)9-13/h4-7,9-11,29H,8H2,1-3H3,(H,27,32)(H,30,31). The molecule has 2 atom stereocenters. The predicted molar refractivity (Wildman–Crippen MR) is 118 cm³/mol. The second-order valence-electron chi connectivity index (χ2n) is 7.79. The maximum Gasteiger partial charge on any atom is 0.305 e. The number of aliphatic carboxylic acids is 1. The largest absolute Gasteiger partial charge is 0.505 e. The lowest BCUT2D eigenvalue weighted by molar-refractivity contribution is -0.137. The van der Waals surface area contributed by atoms with Crippen LogP contribution in [0.4, 0.5) is 8.78 Å². The molecule has 0 spiro atoms. The third kappa shape index (κ3) is 4.54. The first-order valence-corrected chi connectivity index (χ1v) is 10.4. The van der Waals surface area contributed by atoms with Crippen molar-refractivity contribution in [1.29, 1.82) is 0 Å². The van der Waals surface area contributed by atoms with E-state index in [-0.39, 0.29) is 39.2 Å². The highest BCUT2D eigenvalue weighted by molar-refractivity contribution is 6.30. The lowest BCUT2D eigenvalue weighted by Gasteiger charge is -2.17. The summed E-state index contributed by atoms with van der Waals surface area (Å²) in [6.07, 6.45) is -0.311. The van der Waals surface area contributed by atoms with Gasteiger partial charge in [0.1, 0.15) is 5.82 Å². The molecule has 1 amide bonds. The number of nitrogens with one attached hydrogen (secondary N) is 1. The highest BCUT2D eigenvalue weighted by Gasteiger charge is 2.30. The van der Waals surface area contributed by atoms with Crippen molar-refractivity contribution >= 4 is 40.3 Å². The Bertz CT molecular complexity index is 1290. The molecule has 0 aliphatic heterocycles. The van der Waals surface area contributed by atoms with Gasteiger partial charge >= 0.3 is 5.97 Å². The summed E-state index contributed by atoms with van der Waals surface area (Å²) in [5.74, 6) is -5.86. The van der Waals surface area contributed by atoms with Crippen molar-refractivity contribution in [1.82, 2.24) is 9.88 Å². The van der Waals surface area contributed by atoms with Gasteiger partial charge in [0.25, 0.3) is 5.91 Å². The van der Waals surface area contributed by atoms with Crippen LogP contribution in [0, 0.1) is 18.6 Å². The molecule has 0 fully saturated rings. The number of carboxylic acid groups (broad SMARTS) is 1. The van der Waals surface area contributed by atoms with Crippen molar-refractivity contribution < 1.29 is 33.4 Å². The summed E-state index contributed by atoms with van der Waals surface area (Å²) in [4.78, 5) is 37.0. The van der Waals surface area contributed by atoms with Gasteiger partial charge in [0.2, 0.25) is 5.91 Å². The number of hydrogen-bond acceptors (Lipinski definition) is 4. The summed E-state index contributed by atoms with van der Waals surface area (Å²) in [5, 5.41) is 21.1. The summed E-state index contributed by atoms with van der Waals surface area (Å²) in [6, 6.07) is 5.20. The van der Waals surface area contributed by atoms with E-state index in [9.17, 15) is 23.9 Å². The minimum Gasteiger partial charge on any atom is -0.505 e. The van der Waals surface area contributed by atoms with Gasteiger partial charge in [-0.1, -0.05) is 11.6 Å². The van der Waals surface area contributed by atoms with Crippen LogP contribution in [0.1, 0.15) is 47.8 Å². The zero-order chi connectivity index (χ0) is 24.6. The molecular weight excluding hydrogens is 458 g/mol. The van der Waals surface area contributed by atoms with Gasteiger partial charge in [-0.15, -0.1) is 0 Å². The van der Waals surface area contributed by atoms with Crippen LogP contribution in [0.25, 0.3) is 10.9 Å². The molecule has 7 nitrogen and oxygen atoms in total. The molecule has 3 rings (SSSR count). The van der Waals surface area contributed by atoms with E-state index in [0.29, 0.717) is 0 Å². The fraction of sp³-hybridized carbons (Fsp3) is 0.261. The predicted octanol–water partition coefficient (Wildman–Crippen LogP) is 4.36. The average molecular weight is 479 g/mol. The number of aromatic hydroxyl groups is 1. The zero-order valence-corrected chi connectivity index (χ0v) is 18.7. The van der Waals surface area contributed by atoms with Gasteiger partial charge in [-0.05, 0) is 56.7 Å². The quantitative estimate of drug-likeness (QED) is 0.488. The van der Waals surface area contributed by atoms with E-state index in [0.717, 1.165) is 16.7 Å². The Morgan fingerprint density at radius 2 is 1.82 bits per heavy atom. The van der Waals surface area contributed by atoms with Crippen LogP contribution in [-0.2, 0) is 9.59 Å². The average Bonchev–Trinajstić information content (AvgIpc) is 3.03. The van der Waals surface area contributed by atoms with Crippen LogP contribution in [0.2, 0.25) is 5.02 Å². The number of carboxylic acids is 1. The molecule has 2 aromatic carbocycles. The monoisotopic (exact) mass is 478 g/mol. The number of carbonyl (C=O) groups is 3. The topological polar surface area (TPSA) is 109 Å². The summed E-state index contributed by atoms with van der Waals surface area (Å²) < 4.78 is 30.1. The van der Waals surface area contributed by atoms with Crippen molar-refractivity contribution in [3.8, 4) is 5.75 Å². The molecule has 3 aromatic rings. The molecule has 33 heavy (non-hydrogen) atoms. The van der Waals surface area contributed by atoms with Crippen LogP contribution < -0.4 is 5.32 Å². The number of carbonyl (C=O) groups excluding carboxylic acids is 2. The van der Waals surface area contributed by atoms with Crippen LogP contribution in [0.5, 0.6) is 5.75 Å². The van der Waals surface area contributed by atoms with Crippen molar-refractivity contribution in [2.24, 2.45) is 0 Å². The van der Waals surface area contributed by atoms with E-state index < -0.39 is 47.1 Å². The van der Waals surface area contributed by atoms with E-state index >= 15 is 4.39 Å². The van der Waals surface area contributed by atoms with E-state index in [2.05, 4.69) is 5.32 Å². The summed E-state index contributed by atoms with van der Waals surface area (Å²) in [5.41, 5.74) is 0.380. The van der Waals surface area contributed by atoms with Crippen molar-refractivity contribution in [2.45, 2.75) is 39.2 Å². The number of aromatic nitrogens is 1. The SMILES string of the molecule is Cc1c(C(C)C(=O)NC(C)CC(=O)O)c2c(F)c(O)ccc2n1C(=O)c1ccc(Cl)c(F)c1. The number of nitrogens with zero attached hydrogens (tertiary/aromatic N) is 1. The molecule has 1 heterocycles. The van der Waals surface area contributed by atoms with Crippen molar-refractivity contribution in [3.05, 3.63) is 63.8 Å². The minimum atomic E-state index is -1.10. The summed E-state index contributed by atoms with van der Waals surface area (Å²) >= 11 is 5.70.